The van der Waals surface area contributed by atoms with Gasteiger partial charge in [-0.05, 0) is 5.41 Å². The first-order valence-corrected chi connectivity index (χ1v) is 11.4. The van der Waals surface area contributed by atoms with Crippen LogP contribution in [-0.2, 0) is 16.1 Å². The molecule has 34 heavy (non-hydrogen) atoms. The second-order valence-electron chi connectivity index (χ2n) is 9.77. The van der Waals surface area contributed by atoms with E-state index in [1.807, 2.05) is 61.9 Å². The summed E-state index contributed by atoms with van der Waals surface area (Å²) >= 11 is 0. The first-order valence-electron chi connectivity index (χ1n) is 11.4. The second kappa shape index (κ2) is 9.38. The van der Waals surface area contributed by atoms with Crippen molar-refractivity contribution in [2.45, 2.75) is 51.9 Å². The van der Waals surface area contributed by atoms with Crippen LogP contribution in [0.2, 0.25) is 0 Å². The Kier molecular flexibility index (Phi) is 6.52. The molecule has 4 rings (SSSR count). The summed E-state index contributed by atoms with van der Waals surface area (Å²) in [5, 5.41) is 21.3. The summed E-state index contributed by atoms with van der Waals surface area (Å²) in [4.78, 5) is 31.9. The maximum absolute atomic E-state index is 13.6. The standard InChI is InChI=1S/C24H31N7O3/c1-24(2,3)21(23(34)30-13-18(32)10-20(30)22(33)25-4)31-12-17(27-28-31)11-29-14-19(26-15-29)16-8-6-5-7-9-16/h5-9,12,14-15,18,20-21,32H,10-11,13H2,1-4H3,(H,25,33)/t18?,20?,21-/m1/s1. The normalized spacial score (nSPS) is 19.3. The number of aromatic nitrogens is 5. The van der Waals surface area contributed by atoms with Crippen molar-refractivity contribution in [3.05, 3.63) is 54.7 Å². The smallest absolute Gasteiger partial charge is 0.248 e. The molecule has 2 unspecified atom stereocenters. The number of aliphatic hydroxyl groups excluding tert-OH is 1. The zero-order chi connectivity index (χ0) is 24.5. The van der Waals surface area contributed by atoms with Gasteiger partial charge in [-0.25, -0.2) is 9.67 Å². The third-order valence-electron chi connectivity index (χ3n) is 6.04. The number of rotatable bonds is 6. The number of likely N-dealkylation sites (N-methyl/N-ethyl adjacent to an activating group) is 1. The van der Waals surface area contributed by atoms with Crippen molar-refractivity contribution in [1.82, 2.24) is 34.8 Å². The first-order chi connectivity index (χ1) is 16.2. The number of hydrogen-bond acceptors (Lipinski definition) is 6. The molecule has 2 aromatic heterocycles. The quantitative estimate of drug-likeness (QED) is 0.569. The molecule has 2 amide bonds. The van der Waals surface area contributed by atoms with Gasteiger partial charge in [0, 0.05) is 31.8 Å². The van der Waals surface area contributed by atoms with Crippen molar-refractivity contribution >= 4 is 11.8 Å². The fourth-order valence-corrected chi connectivity index (χ4v) is 4.41. The highest BCUT2D eigenvalue weighted by atomic mass is 16.3. The van der Waals surface area contributed by atoms with E-state index in [0.29, 0.717) is 12.2 Å². The van der Waals surface area contributed by atoms with Crippen LogP contribution in [0, 0.1) is 5.41 Å². The van der Waals surface area contributed by atoms with Crippen LogP contribution in [0.3, 0.4) is 0 Å². The van der Waals surface area contributed by atoms with Gasteiger partial charge < -0.3 is 19.9 Å². The molecule has 2 N–H and O–H groups in total. The van der Waals surface area contributed by atoms with E-state index in [2.05, 4.69) is 20.6 Å². The number of β-amino-alcohol motifs (C(OH)–C–C–N with tert-alkyl or cyclic N) is 1. The predicted octanol–water partition coefficient (Wildman–Crippen LogP) is 1.48. The molecule has 1 aliphatic rings. The summed E-state index contributed by atoms with van der Waals surface area (Å²) in [6, 6.07) is 8.52. The minimum Gasteiger partial charge on any atom is -0.391 e. The highest BCUT2D eigenvalue weighted by Gasteiger charge is 2.45. The van der Waals surface area contributed by atoms with Gasteiger partial charge in [-0.3, -0.25) is 9.59 Å². The molecule has 1 aromatic carbocycles. The van der Waals surface area contributed by atoms with Crippen LogP contribution in [-0.4, -0.2) is 72.1 Å². The topological polar surface area (TPSA) is 118 Å². The van der Waals surface area contributed by atoms with Crippen LogP contribution in [0.1, 0.15) is 38.9 Å². The van der Waals surface area contributed by atoms with Crippen LogP contribution in [0.15, 0.2) is 49.1 Å². The van der Waals surface area contributed by atoms with Gasteiger partial charge in [0.1, 0.15) is 17.8 Å². The lowest BCUT2D eigenvalue weighted by Gasteiger charge is -2.34. The molecule has 180 valence electrons. The molecule has 1 aliphatic heterocycles. The minimum absolute atomic E-state index is 0.113. The molecule has 0 spiro atoms. The van der Waals surface area contributed by atoms with E-state index in [1.165, 1.54) is 11.9 Å². The number of imidazole rings is 1. The Morgan fingerprint density at radius 2 is 1.94 bits per heavy atom. The highest BCUT2D eigenvalue weighted by molar-refractivity contribution is 5.90. The summed E-state index contributed by atoms with van der Waals surface area (Å²) in [7, 11) is 1.53. The number of aliphatic hydroxyl groups is 1. The summed E-state index contributed by atoms with van der Waals surface area (Å²) in [5.74, 6) is -0.547. The monoisotopic (exact) mass is 465 g/mol. The van der Waals surface area contributed by atoms with Gasteiger partial charge in [-0.2, -0.15) is 0 Å². The minimum atomic E-state index is -0.738. The Morgan fingerprint density at radius 3 is 2.62 bits per heavy atom. The molecule has 3 atom stereocenters. The number of nitrogens with one attached hydrogen (secondary N) is 1. The highest BCUT2D eigenvalue weighted by Crippen LogP contribution is 2.34. The van der Waals surface area contributed by atoms with E-state index in [0.717, 1.165) is 11.3 Å². The van der Waals surface area contributed by atoms with Crippen molar-refractivity contribution < 1.29 is 14.7 Å². The molecule has 10 heteroatoms. The van der Waals surface area contributed by atoms with Crippen molar-refractivity contribution in [1.29, 1.82) is 0 Å². The largest absolute Gasteiger partial charge is 0.391 e. The lowest BCUT2D eigenvalue weighted by molar-refractivity contribution is -0.144. The van der Waals surface area contributed by atoms with Gasteiger partial charge >= 0.3 is 0 Å². The number of hydrogen-bond donors (Lipinski definition) is 2. The van der Waals surface area contributed by atoms with E-state index in [4.69, 9.17) is 0 Å². The summed E-state index contributed by atoms with van der Waals surface area (Å²) in [6.07, 6.45) is 4.93. The number of carbonyl (C=O) groups is 2. The van der Waals surface area contributed by atoms with Crippen LogP contribution in [0.25, 0.3) is 11.3 Å². The Morgan fingerprint density at radius 1 is 1.21 bits per heavy atom. The van der Waals surface area contributed by atoms with Gasteiger partial charge in [-0.15, -0.1) is 5.10 Å². The molecule has 10 nitrogen and oxygen atoms in total. The zero-order valence-corrected chi connectivity index (χ0v) is 19.9. The van der Waals surface area contributed by atoms with Gasteiger partial charge in [0.2, 0.25) is 11.8 Å². The van der Waals surface area contributed by atoms with Gasteiger partial charge in [-0.1, -0.05) is 56.3 Å². The molecule has 3 aromatic rings. The number of amides is 2. The summed E-state index contributed by atoms with van der Waals surface area (Å²) in [6.45, 7) is 6.40. The molecule has 3 heterocycles. The van der Waals surface area contributed by atoms with Crippen LogP contribution < -0.4 is 5.32 Å². The molecule has 0 radical (unpaired) electrons. The number of nitrogens with zero attached hydrogens (tertiary/aromatic N) is 6. The predicted molar refractivity (Wildman–Crippen MR) is 125 cm³/mol. The van der Waals surface area contributed by atoms with Crippen molar-refractivity contribution in [2.24, 2.45) is 5.41 Å². The zero-order valence-electron chi connectivity index (χ0n) is 19.9. The SMILES string of the molecule is CNC(=O)C1CC(O)CN1C(=O)[C@@H](n1cc(Cn2cnc(-c3ccccc3)c2)nn1)C(C)(C)C. The Labute approximate surface area is 198 Å². The van der Waals surface area contributed by atoms with Crippen molar-refractivity contribution in [2.75, 3.05) is 13.6 Å². The average Bonchev–Trinajstić information content (AvgIpc) is 3.54. The van der Waals surface area contributed by atoms with E-state index in [-0.39, 0.29) is 24.8 Å². The van der Waals surface area contributed by atoms with E-state index < -0.39 is 23.6 Å². The molecule has 1 saturated heterocycles. The Bertz CT molecular complexity index is 1150. The first kappa shape index (κ1) is 23.6. The third kappa shape index (κ3) is 4.86. The van der Waals surface area contributed by atoms with Gasteiger partial charge in [0.15, 0.2) is 0 Å². The second-order valence-corrected chi connectivity index (χ2v) is 9.77. The number of likely N-dealkylation sites (tertiary alicyclic amines) is 1. The lowest BCUT2D eigenvalue weighted by Crippen LogP contribution is -2.49. The molecule has 0 aliphatic carbocycles. The molecule has 0 bridgehead atoms. The molecule has 1 fully saturated rings. The molecular formula is C24H31N7O3. The summed E-state index contributed by atoms with van der Waals surface area (Å²) in [5.41, 5.74) is 2.08. The van der Waals surface area contributed by atoms with Gasteiger partial charge in [0.05, 0.1) is 30.9 Å². The fourth-order valence-electron chi connectivity index (χ4n) is 4.41. The van der Waals surface area contributed by atoms with E-state index >= 15 is 0 Å². The summed E-state index contributed by atoms with van der Waals surface area (Å²) < 4.78 is 3.49. The maximum atomic E-state index is 13.6. The number of carbonyl (C=O) groups excluding carboxylic acids is 2. The Hall–Kier alpha value is -3.53. The Balaban J connectivity index is 1.55. The van der Waals surface area contributed by atoms with Gasteiger partial charge in [0.25, 0.3) is 0 Å². The molecular weight excluding hydrogens is 434 g/mol. The van der Waals surface area contributed by atoms with Crippen molar-refractivity contribution in [3.8, 4) is 11.3 Å². The molecule has 0 saturated carbocycles. The fraction of sp³-hybridized carbons (Fsp3) is 0.458. The van der Waals surface area contributed by atoms with E-state index in [9.17, 15) is 14.7 Å². The van der Waals surface area contributed by atoms with E-state index in [1.54, 1.807) is 17.2 Å². The maximum Gasteiger partial charge on any atom is 0.248 e. The average molecular weight is 466 g/mol. The van der Waals surface area contributed by atoms with Crippen LogP contribution in [0.5, 0.6) is 0 Å². The lowest BCUT2D eigenvalue weighted by atomic mass is 9.85. The van der Waals surface area contributed by atoms with Crippen LogP contribution in [0.4, 0.5) is 0 Å². The number of benzene rings is 1. The van der Waals surface area contributed by atoms with Crippen LogP contribution >= 0.6 is 0 Å². The van der Waals surface area contributed by atoms with Crippen molar-refractivity contribution in [3.63, 3.8) is 0 Å². The third-order valence-corrected chi connectivity index (χ3v) is 6.04.